The summed E-state index contributed by atoms with van der Waals surface area (Å²) >= 11 is 5.88. The van der Waals surface area contributed by atoms with Gasteiger partial charge >= 0.3 is 5.97 Å². The van der Waals surface area contributed by atoms with Crippen molar-refractivity contribution in [3.63, 3.8) is 0 Å². The van der Waals surface area contributed by atoms with E-state index >= 15 is 0 Å². The van der Waals surface area contributed by atoms with E-state index in [4.69, 9.17) is 16.3 Å². The zero-order valence-electron chi connectivity index (χ0n) is 13.3. The van der Waals surface area contributed by atoms with Crippen LogP contribution in [0.4, 0.5) is 0 Å². The number of benzene rings is 2. The Kier molecular flexibility index (Phi) is 5.99. The van der Waals surface area contributed by atoms with Crippen molar-refractivity contribution in [3.05, 3.63) is 64.7 Å². The van der Waals surface area contributed by atoms with Crippen LogP contribution in [0, 0.1) is 0 Å². The number of nitrogens with one attached hydrogen (secondary N) is 1. The first-order chi connectivity index (χ1) is 11.3. The Bertz CT molecular complexity index is 834. The van der Waals surface area contributed by atoms with Gasteiger partial charge in [-0.15, -0.1) is 0 Å². The molecule has 5 nitrogen and oxygen atoms in total. The van der Waals surface area contributed by atoms with Crippen LogP contribution in [0.25, 0.3) is 0 Å². The number of hydrogen-bond donors (Lipinski definition) is 1. The second kappa shape index (κ2) is 7.79. The molecule has 0 aliphatic rings. The van der Waals surface area contributed by atoms with E-state index in [0.29, 0.717) is 5.02 Å². The number of hydrogen-bond acceptors (Lipinski definition) is 4. The number of halogens is 1. The van der Waals surface area contributed by atoms with Crippen molar-refractivity contribution in [3.8, 4) is 0 Å². The molecule has 2 aromatic rings. The summed E-state index contributed by atoms with van der Waals surface area (Å²) in [4.78, 5) is 12.2. The molecule has 0 atom stereocenters. The molecule has 0 aliphatic heterocycles. The van der Waals surface area contributed by atoms with Crippen molar-refractivity contribution < 1.29 is 17.9 Å². The van der Waals surface area contributed by atoms with Gasteiger partial charge in [-0.05, 0) is 49.7 Å². The predicted molar refractivity (Wildman–Crippen MR) is 92.5 cm³/mol. The lowest BCUT2D eigenvalue weighted by Crippen LogP contribution is -2.30. The SMILES string of the molecule is CC(C)NS(=O)(=O)c1cccc(C(=O)OCc2cccc(Cl)c2)c1. The molecule has 1 N–H and O–H groups in total. The lowest BCUT2D eigenvalue weighted by Gasteiger charge is -2.10. The summed E-state index contributed by atoms with van der Waals surface area (Å²) in [6.45, 7) is 3.50. The molecular formula is C17H18ClNO4S. The average molecular weight is 368 g/mol. The summed E-state index contributed by atoms with van der Waals surface area (Å²) in [5.74, 6) is -0.600. The molecule has 0 aromatic heterocycles. The van der Waals surface area contributed by atoms with Gasteiger partial charge in [-0.2, -0.15) is 0 Å². The van der Waals surface area contributed by atoms with Gasteiger partial charge in [0.2, 0.25) is 10.0 Å². The fourth-order valence-electron chi connectivity index (χ4n) is 2.03. The number of ether oxygens (including phenoxy) is 1. The second-order valence-corrected chi connectivity index (χ2v) is 7.66. The van der Waals surface area contributed by atoms with Crippen molar-refractivity contribution in [2.45, 2.75) is 31.4 Å². The van der Waals surface area contributed by atoms with E-state index in [1.54, 1.807) is 38.1 Å². The summed E-state index contributed by atoms with van der Waals surface area (Å²) in [6.07, 6.45) is 0. The molecule has 0 radical (unpaired) electrons. The first-order valence-corrected chi connectivity index (χ1v) is 9.18. The van der Waals surface area contributed by atoms with Gasteiger partial charge in [-0.3, -0.25) is 0 Å². The van der Waals surface area contributed by atoms with Crippen molar-refractivity contribution in [1.29, 1.82) is 0 Å². The minimum atomic E-state index is -3.66. The molecule has 128 valence electrons. The van der Waals surface area contributed by atoms with Crippen LogP contribution in [0.3, 0.4) is 0 Å². The molecule has 0 aliphatic carbocycles. The van der Waals surface area contributed by atoms with Gasteiger partial charge in [0.1, 0.15) is 6.61 Å². The molecule has 0 fully saturated rings. The Hall–Kier alpha value is -1.89. The molecule has 2 rings (SSSR count). The van der Waals surface area contributed by atoms with Crippen LogP contribution >= 0.6 is 11.6 Å². The third kappa shape index (κ3) is 5.06. The largest absolute Gasteiger partial charge is 0.457 e. The fourth-order valence-corrected chi connectivity index (χ4v) is 3.54. The summed E-state index contributed by atoms with van der Waals surface area (Å²) in [6, 6.07) is 12.5. The predicted octanol–water partition coefficient (Wildman–Crippen LogP) is 3.38. The van der Waals surface area contributed by atoms with Crippen LogP contribution in [-0.4, -0.2) is 20.4 Å². The van der Waals surface area contributed by atoms with E-state index < -0.39 is 16.0 Å². The number of esters is 1. The minimum Gasteiger partial charge on any atom is -0.457 e. The molecule has 0 saturated carbocycles. The highest BCUT2D eigenvalue weighted by atomic mass is 35.5. The summed E-state index contributed by atoms with van der Waals surface area (Å²) in [5.41, 5.74) is 0.921. The van der Waals surface area contributed by atoms with E-state index in [0.717, 1.165) is 5.56 Å². The molecule has 24 heavy (non-hydrogen) atoms. The molecule has 7 heteroatoms. The molecule has 0 saturated heterocycles. The van der Waals surface area contributed by atoms with Crippen LogP contribution in [0.2, 0.25) is 5.02 Å². The van der Waals surface area contributed by atoms with Crippen LogP contribution < -0.4 is 4.72 Å². The van der Waals surface area contributed by atoms with Crippen molar-refractivity contribution in [2.75, 3.05) is 0 Å². The fraction of sp³-hybridized carbons (Fsp3) is 0.235. The summed E-state index contributed by atoms with van der Waals surface area (Å²) in [5, 5.41) is 0.552. The van der Waals surface area contributed by atoms with E-state index in [2.05, 4.69) is 4.72 Å². The minimum absolute atomic E-state index is 0.0217. The Balaban J connectivity index is 2.12. The molecule has 0 amide bonds. The first-order valence-electron chi connectivity index (χ1n) is 7.32. The number of sulfonamides is 1. The van der Waals surface area contributed by atoms with Crippen LogP contribution in [-0.2, 0) is 21.4 Å². The maximum Gasteiger partial charge on any atom is 0.338 e. The van der Waals surface area contributed by atoms with Crippen LogP contribution in [0.1, 0.15) is 29.8 Å². The normalized spacial score (nSPS) is 11.5. The Morgan fingerprint density at radius 3 is 2.54 bits per heavy atom. The molecule has 0 bridgehead atoms. The van der Waals surface area contributed by atoms with Gasteiger partial charge in [0.15, 0.2) is 0 Å². The third-order valence-electron chi connectivity index (χ3n) is 3.03. The topological polar surface area (TPSA) is 72.5 Å². The monoisotopic (exact) mass is 367 g/mol. The van der Waals surface area contributed by atoms with E-state index in [-0.39, 0.29) is 23.1 Å². The first kappa shape index (κ1) is 18.4. The highest BCUT2D eigenvalue weighted by Crippen LogP contribution is 2.15. The zero-order chi connectivity index (χ0) is 17.7. The van der Waals surface area contributed by atoms with E-state index in [9.17, 15) is 13.2 Å². The second-order valence-electron chi connectivity index (χ2n) is 5.51. The van der Waals surface area contributed by atoms with Gasteiger partial charge in [-0.1, -0.05) is 29.8 Å². The third-order valence-corrected chi connectivity index (χ3v) is 4.92. The van der Waals surface area contributed by atoms with Gasteiger partial charge < -0.3 is 4.74 Å². The molecule has 2 aromatic carbocycles. The molecular weight excluding hydrogens is 350 g/mol. The molecule has 0 spiro atoms. The number of carbonyl (C=O) groups excluding carboxylic acids is 1. The summed E-state index contributed by atoms with van der Waals surface area (Å²) in [7, 11) is -3.66. The summed E-state index contributed by atoms with van der Waals surface area (Å²) < 4.78 is 32.0. The van der Waals surface area contributed by atoms with Crippen molar-refractivity contribution in [2.24, 2.45) is 0 Å². The molecule has 0 unspecified atom stereocenters. The zero-order valence-corrected chi connectivity index (χ0v) is 14.9. The van der Waals surface area contributed by atoms with Crippen LogP contribution in [0.5, 0.6) is 0 Å². The number of carbonyl (C=O) groups is 1. The smallest absolute Gasteiger partial charge is 0.338 e. The average Bonchev–Trinajstić information content (AvgIpc) is 2.51. The van der Waals surface area contributed by atoms with Gasteiger partial charge in [-0.25, -0.2) is 17.9 Å². The Morgan fingerprint density at radius 1 is 1.17 bits per heavy atom. The molecule has 0 heterocycles. The number of rotatable bonds is 6. The van der Waals surface area contributed by atoms with E-state index in [1.807, 2.05) is 0 Å². The van der Waals surface area contributed by atoms with Gasteiger partial charge in [0, 0.05) is 11.1 Å². The van der Waals surface area contributed by atoms with Gasteiger partial charge in [0.25, 0.3) is 0 Å². The standard InChI is InChI=1S/C17H18ClNO4S/c1-12(2)19-24(21,22)16-8-4-6-14(10-16)17(20)23-11-13-5-3-7-15(18)9-13/h3-10,12,19H,11H2,1-2H3. The van der Waals surface area contributed by atoms with Crippen molar-refractivity contribution in [1.82, 2.24) is 4.72 Å². The van der Waals surface area contributed by atoms with Crippen LogP contribution in [0.15, 0.2) is 53.4 Å². The lowest BCUT2D eigenvalue weighted by atomic mass is 10.2. The van der Waals surface area contributed by atoms with Crippen molar-refractivity contribution >= 4 is 27.6 Å². The van der Waals surface area contributed by atoms with Gasteiger partial charge in [0.05, 0.1) is 10.5 Å². The highest BCUT2D eigenvalue weighted by molar-refractivity contribution is 7.89. The lowest BCUT2D eigenvalue weighted by molar-refractivity contribution is 0.0472. The van der Waals surface area contributed by atoms with E-state index in [1.165, 1.54) is 24.3 Å². The Labute approximate surface area is 146 Å². The Morgan fingerprint density at radius 2 is 1.88 bits per heavy atom. The maximum atomic E-state index is 12.2. The maximum absolute atomic E-state index is 12.2. The quantitative estimate of drug-likeness (QED) is 0.794. The highest BCUT2D eigenvalue weighted by Gasteiger charge is 2.17.